The van der Waals surface area contributed by atoms with Gasteiger partial charge in [-0.05, 0) is 19.3 Å². The Morgan fingerprint density at radius 3 is 0.770 bits per heavy atom. The number of nitrogens with two attached hydrogens (primary N) is 2. The molecule has 0 aromatic carbocycles. The highest BCUT2D eigenvalue weighted by Crippen LogP contribution is 2.16. The number of hydrogen-bond donors (Lipinski definition) is 4. The van der Waals surface area contributed by atoms with E-state index >= 15 is 0 Å². The molecule has 1 rings (SSSR count). The number of carbonyl (C=O) groups excluding carboxylic acids is 4. The number of aromatic nitrogens is 2. The van der Waals surface area contributed by atoms with Gasteiger partial charge >= 0.3 is 0 Å². The van der Waals surface area contributed by atoms with Gasteiger partial charge in [-0.2, -0.15) is 0 Å². The zero-order valence-electron chi connectivity index (χ0n) is 60.7. The lowest BCUT2D eigenvalue weighted by Gasteiger charge is -2.10. The fourth-order valence-corrected chi connectivity index (χ4v) is 7.38. The number of Topliss-reactive ketones (excluding diaryl/α,β-unsaturated/α-hetero) is 2. The standard InChI is InChI=1S/C40H72N6O16.C26H54O12/c1-33(47)43-8-4-6-35(49)36-38(41)46-37(39(42)45-36)40(50)44-9-3-5-34(48)7-10-52-13-14-54-17-18-56-21-22-58-25-26-60-29-30-62-32-31-61-28-27-59-24-23-57-20-19-55-16-15-53-12-11-51-2;1-3-4-28-7-8-30-11-12-32-15-16-34-19-20-36-23-24-38-26-25-37-22-21-35-18-17-33-14-13-31-10-9-29-6-5-27-2/h3-32H2,1-2H3,(H2,41,46)(H2,42,45)(H,43,47)(H,44,50);3-26H2,1-2H3. The van der Waals surface area contributed by atoms with E-state index in [0.717, 1.165) is 13.0 Å². The number of carbonyl (C=O) groups is 4. The Morgan fingerprint density at radius 2 is 0.510 bits per heavy atom. The van der Waals surface area contributed by atoms with Crippen molar-refractivity contribution >= 4 is 35.0 Å². The Morgan fingerprint density at radius 1 is 0.290 bits per heavy atom. The number of methoxy groups -OCH3 is 2. The predicted molar refractivity (Wildman–Crippen MR) is 366 cm³/mol. The number of ether oxygens (including phenoxy) is 24. The first kappa shape index (κ1) is 96.0. The lowest BCUT2D eigenvalue weighted by atomic mass is 10.1. The molecule has 0 saturated carbocycles. The van der Waals surface area contributed by atoms with E-state index in [9.17, 15) is 19.2 Å². The van der Waals surface area contributed by atoms with E-state index in [4.69, 9.17) is 125 Å². The van der Waals surface area contributed by atoms with Crippen molar-refractivity contribution < 1.29 is 133 Å². The van der Waals surface area contributed by atoms with Crippen molar-refractivity contribution in [1.29, 1.82) is 0 Å². The highest BCUT2D eigenvalue weighted by Gasteiger charge is 2.20. The van der Waals surface area contributed by atoms with Crippen LogP contribution in [0.5, 0.6) is 0 Å². The van der Waals surface area contributed by atoms with Gasteiger partial charge in [0, 0.05) is 60.1 Å². The molecule has 6 N–H and O–H groups in total. The maximum absolute atomic E-state index is 12.5. The van der Waals surface area contributed by atoms with Crippen molar-refractivity contribution in [2.75, 3.05) is 343 Å². The number of nitrogens with one attached hydrogen (secondary N) is 2. The van der Waals surface area contributed by atoms with Gasteiger partial charge < -0.3 is 136 Å². The van der Waals surface area contributed by atoms with Gasteiger partial charge in [-0.25, -0.2) is 9.97 Å². The maximum atomic E-state index is 12.5. The third-order valence-electron chi connectivity index (χ3n) is 12.5. The summed E-state index contributed by atoms with van der Waals surface area (Å²) in [4.78, 5) is 56.0. The van der Waals surface area contributed by atoms with Crippen LogP contribution in [0.3, 0.4) is 0 Å². The molecule has 1 heterocycles. The van der Waals surface area contributed by atoms with Gasteiger partial charge in [-0.15, -0.1) is 0 Å². The quantitative estimate of drug-likeness (QED) is 0.0527. The number of amides is 2. The second-order valence-corrected chi connectivity index (χ2v) is 20.8. The highest BCUT2D eigenvalue weighted by atomic mass is 16.6. The predicted octanol–water partition coefficient (Wildman–Crippen LogP) is 1.26. The van der Waals surface area contributed by atoms with Crippen LogP contribution in [0.2, 0.25) is 0 Å². The average Bonchev–Trinajstić information content (AvgIpc) is 0.823. The minimum absolute atomic E-state index is 0.00838. The number of nitrogens with zero attached hydrogens (tertiary/aromatic N) is 2. The fraction of sp³-hybridized carbons (Fsp3) is 0.879. The molecule has 100 heavy (non-hydrogen) atoms. The summed E-state index contributed by atoms with van der Waals surface area (Å²) in [5.74, 6) is -1.68. The van der Waals surface area contributed by atoms with Crippen molar-refractivity contribution in [3.63, 3.8) is 0 Å². The third kappa shape index (κ3) is 72.4. The zero-order valence-corrected chi connectivity index (χ0v) is 60.7. The molecule has 588 valence electrons. The van der Waals surface area contributed by atoms with Crippen molar-refractivity contribution in [1.82, 2.24) is 20.6 Å². The van der Waals surface area contributed by atoms with Crippen LogP contribution in [0.15, 0.2) is 0 Å². The van der Waals surface area contributed by atoms with Crippen LogP contribution in [0.4, 0.5) is 11.6 Å². The van der Waals surface area contributed by atoms with E-state index in [2.05, 4.69) is 27.5 Å². The van der Waals surface area contributed by atoms with Gasteiger partial charge in [0.2, 0.25) is 5.91 Å². The summed E-state index contributed by atoms with van der Waals surface area (Å²) in [5.41, 5.74) is 11.4. The van der Waals surface area contributed by atoms with Crippen LogP contribution in [0, 0.1) is 0 Å². The van der Waals surface area contributed by atoms with Gasteiger partial charge in [0.05, 0.1) is 297 Å². The van der Waals surface area contributed by atoms with Crippen LogP contribution < -0.4 is 22.1 Å². The van der Waals surface area contributed by atoms with E-state index in [1.54, 1.807) is 14.2 Å². The molecular weight excluding hydrogens is 1320 g/mol. The molecule has 0 bridgehead atoms. The summed E-state index contributed by atoms with van der Waals surface area (Å²) in [5, 5.41) is 5.22. The van der Waals surface area contributed by atoms with Crippen molar-refractivity contribution in [3.05, 3.63) is 11.4 Å². The van der Waals surface area contributed by atoms with E-state index in [-0.39, 0.29) is 67.1 Å². The fourth-order valence-electron chi connectivity index (χ4n) is 7.38. The van der Waals surface area contributed by atoms with Crippen LogP contribution >= 0.6 is 0 Å². The molecule has 0 atom stereocenters. The first-order valence-corrected chi connectivity index (χ1v) is 34.9. The maximum Gasteiger partial charge on any atom is 0.273 e. The Labute approximate surface area is 593 Å². The number of nitrogen functional groups attached to an aromatic ring is 2. The Hall–Kier alpha value is -4.00. The van der Waals surface area contributed by atoms with E-state index in [1.807, 2.05) is 0 Å². The number of hydrogen-bond acceptors (Lipinski definition) is 32. The Kier molecular flexibility index (Phi) is 77.5. The normalized spacial score (nSPS) is 11.4. The molecule has 0 aliphatic carbocycles. The molecule has 1 aromatic rings. The van der Waals surface area contributed by atoms with Gasteiger partial charge in [0.1, 0.15) is 5.78 Å². The monoisotopic (exact) mass is 1450 g/mol. The summed E-state index contributed by atoms with van der Waals surface area (Å²) in [6.45, 7) is 27.5. The smallest absolute Gasteiger partial charge is 0.273 e. The number of rotatable bonds is 81. The first-order chi connectivity index (χ1) is 49.2. The highest BCUT2D eigenvalue weighted by molar-refractivity contribution is 6.01. The lowest BCUT2D eigenvalue weighted by Crippen LogP contribution is -2.28. The summed E-state index contributed by atoms with van der Waals surface area (Å²) in [6.07, 6.45) is 2.37. The molecule has 0 aliphatic heterocycles. The van der Waals surface area contributed by atoms with Gasteiger partial charge in [0.15, 0.2) is 28.8 Å². The van der Waals surface area contributed by atoms with Crippen LogP contribution in [0.25, 0.3) is 0 Å². The van der Waals surface area contributed by atoms with Crippen molar-refractivity contribution in [2.45, 2.75) is 52.4 Å². The number of anilines is 2. The summed E-state index contributed by atoms with van der Waals surface area (Å²) >= 11 is 0. The molecule has 34 nitrogen and oxygen atoms in total. The van der Waals surface area contributed by atoms with Gasteiger partial charge in [0.25, 0.3) is 5.91 Å². The third-order valence-corrected chi connectivity index (χ3v) is 12.5. The molecule has 0 aliphatic rings. The molecule has 0 radical (unpaired) electrons. The first-order valence-electron chi connectivity index (χ1n) is 34.9. The second kappa shape index (κ2) is 80.7. The molecule has 0 spiro atoms. The minimum atomic E-state index is -0.618. The Bertz CT molecular complexity index is 1900. The largest absolute Gasteiger partial charge is 0.382 e. The zero-order chi connectivity index (χ0) is 72.6. The summed E-state index contributed by atoms with van der Waals surface area (Å²) < 4.78 is 129. The van der Waals surface area contributed by atoms with Gasteiger partial charge in [-0.3, -0.25) is 19.2 Å². The van der Waals surface area contributed by atoms with Crippen LogP contribution in [-0.4, -0.2) is 365 Å². The summed E-state index contributed by atoms with van der Waals surface area (Å²) in [7, 11) is 3.28. The molecule has 2 amide bonds. The Balaban J connectivity index is 0.00000221. The minimum Gasteiger partial charge on any atom is -0.382 e. The van der Waals surface area contributed by atoms with Crippen molar-refractivity contribution in [3.8, 4) is 0 Å². The lowest BCUT2D eigenvalue weighted by molar-refractivity contribution is -0.120. The van der Waals surface area contributed by atoms with Crippen molar-refractivity contribution in [2.24, 2.45) is 0 Å². The van der Waals surface area contributed by atoms with E-state index in [1.165, 1.54) is 6.92 Å². The molecule has 34 heteroatoms. The topological polar surface area (TPSA) is 392 Å². The summed E-state index contributed by atoms with van der Waals surface area (Å²) in [6, 6.07) is 0. The van der Waals surface area contributed by atoms with Crippen LogP contribution in [0.1, 0.15) is 73.3 Å². The molecular formula is C66H126N6O28. The number of ketones is 2. The SMILES string of the molecule is CCCOCCOCCOCCOCCOCCOCCOCCOCCOCCOCCOCCOC.COCCOCCOCCOCCOCCOCCOCCOCCOCCOCCOCCOCCC(=O)CCCNC(=O)c1nc(N)c(C(=O)CCCNC(C)=O)nc1N. The molecule has 0 unspecified atom stereocenters. The molecule has 0 saturated heterocycles. The molecule has 0 fully saturated rings. The second-order valence-electron chi connectivity index (χ2n) is 20.8. The average molecular weight is 1450 g/mol. The van der Waals surface area contributed by atoms with Gasteiger partial charge in [-0.1, -0.05) is 6.92 Å². The van der Waals surface area contributed by atoms with E-state index < -0.39 is 11.7 Å². The van der Waals surface area contributed by atoms with Crippen LogP contribution in [-0.2, 0) is 123 Å². The van der Waals surface area contributed by atoms with E-state index in [0.29, 0.717) is 310 Å². The molecule has 1 aromatic heterocycles.